The molecule has 6 heteroatoms. The molecule has 0 rings (SSSR count). The standard InChI is InChI=1S/C3H2BrF3O2/c4-1(2(8)9)3(5,6)7/h1H,(H,8,9)/p-1. The van der Waals surface area contributed by atoms with E-state index < -0.39 is 17.0 Å². The fourth-order valence-electron chi connectivity index (χ4n) is 0.134. The maximum absolute atomic E-state index is 11.2. The average Bonchev–Trinajstić information content (AvgIpc) is 1.62. The molecule has 0 bridgehead atoms. The summed E-state index contributed by atoms with van der Waals surface area (Å²) in [5.74, 6) is -2.18. The molecule has 0 saturated heterocycles. The highest BCUT2D eigenvalue weighted by atomic mass is 79.9. The maximum Gasteiger partial charge on any atom is 0.406 e. The Morgan fingerprint density at radius 1 is 1.56 bits per heavy atom. The SMILES string of the molecule is O=C([O-])C(Br)C(F)(F)F. The van der Waals surface area contributed by atoms with E-state index >= 15 is 0 Å². The Labute approximate surface area is 56.8 Å². The predicted molar refractivity (Wildman–Crippen MR) is 23.8 cm³/mol. The van der Waals surface area contributed by atoms with Gasteiger partial charge in [0.1, 0.15) is 4.83 Å². The zero-order valence-electron chi connectivity index (χ0n) is 3.91. The van der Waals surface area contributed by atoms with Gasteiger partial charge in [-0.25, -0.2) is 0 Å². The lowest BCUT2D eigenvalue weighted by Crippen LogP contribution is -2.41. The molecule has 0 aromatic carbocycles. The predicted octanol–water partition coefficient (Wildman–Crippen LogP) is 0.0621. The van der Waals surface area contributed by atoms with E-state index in [1.807, 2.05) is 15.9 Å². The van der Waals surface area contributed by atoms with E-state index in [9.17, 15) is 23.1 Å². The van der Waals surface area contributed by atoms with Crippen LogP contribution in [0, 0.1) is 0 Å². The molecular weight excluding hydrogens is 205 g/mol. The van der Waals surface area contributed by atoms with Gasteiger partial charge >= 0.3 is 6.18 Å². The summed E-state index contributed by atoms with van der Waals surface area (Å²) >= 11 is 1.88. The van der Waals surface area contributed by atoms with E-state index in [4.69, 9.17) is 0 Å². The summed E-state index contributed by atoms with van der Waals surface area (Å²) in [6, 6.07) is 0. The van der Waals surface area contributed by atoms with Crippen LogP contribution < -0.4 is 5.11 Å². The Morgan fingerprint density at radius 3 is 1.89 bits per heavy atom. The smallest absolute Gasteiger partial charge is 0.406 e. The van der Waals surface area contributed by atoms with Crippen LogP contribution in [0.25, 0.3) is 0 Å². The third-order valence-corrected chi connectivity index (χ3v) is 1.39. The number of hydrogen-bond acceptors (Lipinski definition) is 2. The minimum atomic E-state index is -4.77. The van der Waals surface area contributed by atoms with Gasteiger partial charge in [-0.05, 0) is 0 Å². The Kier molecular flexibility index (Phi) is 2.48. The maximum atomic E-state index is 11.2. The van der Waals surface area contributed by atoms with Crippen molar-refractivity contribution in [3.63, 3.8) is 0 Å². The van der Waals surface area contributed by atoms with Crippen molar-refractivity contribution in [1.29, 1.82) is 0 Å². The van der Waals surface area contributed by atoms with Gasteiger partial charge in [0.2, 0.25) is 0 Å². The number of rotatable bonds is 1. The molecule has 0 N–H and O–H groups in total. The van der Waals surface area contributed by atoms with Crippen molar-refractivity contribution in [1.82, 2.24) is 0 Å². The Balaban J connectivity index is 4.04. The first-order valence-electron chi connectivity index (χ1n) is 1.77. The summed E-state index contributed by atoms with van der Waals surface area (Å²) in [7, 11) is 0. The van der Waals surface area contributed by atoms with Gasteiger partial charge in [-0.2, -0.15) is 13.2 Å². The minimum Gasteiger partial charge on any atom is -0.549 e. The summed E-state index contributed by atoms with van der Waals surface area (Å²) in [6.45, 7) is 0. The van der Waals surface area contributed by atoms with Crippen LogP contribution in [0.1, 0.15) is 0 Å². The van der Waals surface area contributed by atoms with Gasteiger partial charge in [0.25, 0.3) is 0 Å². The van der Waals surface area contributed by atoms with E-state index in [1.165, 1.54) is 0 Å². The number of carbonyl (C=O) groups excluding carboxylic acids is 1. The van der Waals surface area contributed by atoms with E-state index in [2.05, 4.69) is 0 Å². The highest BCUT2D eigenvalue weighted by molar-refractivity contribution is 9.10. The third-order valence-electron chi connectivity index (χ3n) is 0.494. The van der Waals surface area contributed by atoms with E-state index in [0.717, 1.165) is 0 Å². The van der Waals surface area contributed by atoms with Crippen LogP contribution in [0.4, 0.5) is 13.2 Å². The lowest BCUT2D eigenvalue weighted by Gasteiger charge is -2.13. The molecule has 9 heavy (non-hydrogen) atoms. The number of hydrogen-bond donors (Lipinski definition) is 0. The van der Waals surface area contributed by atoms with Gasteiger partial charge < -0.3 is 9.90 Å². The van der Waals surface area contributed by atoms with Gasteiger partial charge in [-0.1, -0.05) is 15.9 Å². The Hall–Kier alpha value is -0.260. The van der Waals surface area contributed by atoms with Crippen LogP contribution in [0.5, 0.6) is 0 Å². The molecule has 0 spiro atoms. The Morgan fingerprint density at radius 2 is 1.89 bits per heavy atom. The molecule has 1 unspecified atom stereocenters. The van der Waals surface area contributed by atoms with Crippen LogP contribution >= 0.6 is 15.9 Å². The molecule has 0 heterocycles. The van der Waals surface area contributed by atoms with Gasteiger partial charge in [0.05, 0.1) is 5.97 Å². The Bertz CT molecular complexity index is 121. The van der Waals surface area contributed by atoms with Gasteiger partial charge in [0, 0.05) is 0 Å². The quantitative estimate of drug-likeness (QED) is 0.569. The molecule has 1 atom stereocenters. The zero-order chi connectivity index (χ0) is 7.65. The van der Waals surface area contributed by atoms with Crippen molar-refractivity contribution in [3.8, 4) is 0 Å². The second kappa shape index (κ2) is 2.55. The fraction of sp³-hybridized carbons (Fsp3) is 0.667. The van der Waals surface area contributed by atoms with Crippen molar-refractivity contribution >= 4 is 21.9 Å². The summed E-state index contributed by atoms with van der Waals surface area (Å²) in [5.41, 5.74) is 0. The fourth-order valence-corrected chi connectivity index (χ4v) is 0.134. The molecule has 0 saturated carbocycles. The van der Waals surface area contributed by atoms with Gasteiger partial charge in [0.15, 0.2) is 0 Å². The first-order chi connectivity index (χ1) is 3.85. The van der Waals surface area contributed by atoms with Crippen molar-refractivity contribution in [3.05, 3.63) is 0 Å². The van der Waals surface area contributed by atoms with Crippen molar-refractivity contribution in [2.75, 3.05) is 0 Å². The van der Waals surface area contributed by atoms with Crippen LogP contribution in [0.15, 0.2) is 0 Å². The summed E-state index contributed by atoms with van der Waals surface area (Å²) in [5, 5.41) is 9.47. The van der Waals surface area contributed by atoms with Gasteiger partial charge in [-0.15, -0.1) is 0 Å². The van der Waals surface area contributed by atoms with Crippen LogP contribution in [0.3, 0.4) is 0 Å². The first-order valence-corrected chi connectivity index (χ1v) is 2.69. The van der Waals surface area contributed by atoms with Crippen molar-refractivity contribution in [2.45, 2.75) is 11.0 Å². The molecule has 54 valence electrons. The number of alkyl halides is 4. The second-order valence-corrected chi connectivity index (χ2v) is 2.14. The van der Waals surface area contributed by atoms with E-state index in [1.54, 1.807) is 0 Å². The monoisotopic (exact) mass is 205 g/mol. The summed E-state index contributed by atoms with van der Waals surface area (Å²) < 4.78 is 33.7. The van der Waals surface area contributed by atoms with E-state index in [-0.39, 0.29) is 0 Å². The number of carbonyl (C=O) groups is 1. The number of aliphatic carboxylic acids is 1. The molecule has 0 aromatic heterocycles. The highest BCUT2D eigenvalue weighted by Crippen LogP contribution is 2.25. The number of halogens is 4. The highest BCUT2D eigenvalue weighted by Gasteiger charge is 2.38. The summed E-state index contributed by atoms with van der Waals surface area (Å²) in [4.78, 5) is 6.90. The molecule has 0 amide bonds. The topological polar surface area (TPSA) is 40.1 Å². The molecule has 0 fully saturated rings. The molecule has 0 aliphatic heterocycles. The van der Waals surface area contributed by atoms with Crippen LogP contribution in [-0.4, -0.2) is 17.0 Å². The van der Waals surface area contributed by atoms with Gasteiger partial charge in [-0.3, -0.25) is 0 Å². The number of carboxylic acid groups (broad SMARTS) is 1. The van der Waals surface area contributed by atoms with Crippen molar-refractivity contribution < 1.29 is 23.1 Å². The first kappa shape index (κ1) is 8.74. The average molecular weight is 206 g/mol. The molecule has 0 radical (unpaired) electrons. The normalized spacial score (nSPS) is 15.1. The van der Waals surface area contributed by atoms with Crippen LogP contribution in [-0.2, 0) is 4.79 Å². The molecule has 0 aliphatic carbocycles. The molecule has 2 nitrogen and oxygen atoms in total. The largest absolute Gasteiger partial charge is 0.549 e. The third kappa shape index (κ3) is 2.69. The lowest BCUT2D eigenvalue weighted by atomic mass is 10.4. The minimum absolute atomic E-state index is 1.88. The second-order valence-electron chi connectivity index (χ2n) is 1.22. The zero-order valence-corrected chi connectivity index (χ0v) is 5.49. The molecule has 0 aromatic rings. The van der Waals surface area contributed by atoms with E-state index in [0.29, 0.717) is 0 Å². The molecular formula is C3HBrF3O2-. The summed E-state index contributed by atoms with van der Waals surface area (Å²) in [6.07, 6.45) is -4.77. The van der Waals surface area contributed by atoms with Crippen LogP contribution in [0.2, 0.25) is 0 Å². The lowest BCUT2D eigenvalue weighted by molar-refractivity contribution is -0.312. The number of carboxylic acids is 1. The molecule has 0 aliphatic rings. The van der Waals surface area contributed by atoms with Crippen molar-refractivity contribution in [2.24, 2.45) is 0 Å².